The number of benzene rings is 1. The van der Waals surface area contributed by atoms with Crippen LogP contribution in [0, 0.1) is 5.41 Å². The Morgan fingerprint density at radius 3 is 2.46 bits per heavy atom. The zero-order valence-electron chi connectivity index (χ0n) is 16.3. The van der Waals surface area contributed by atoms with Gasteiger partial charge in [-0.2, -0.15) is 0 Å². The van der Waals surface area contributed by atoms with E-state index in [1.165, 1.54) is 18.6 Å². The summed E-state index contributed by atoms with van der Waals surface area (Å²) in [5, 5.41) is 3.42. The van der Waals surface area contributed by atoms with Crippen molar-refractivity contribution < 1.29 is 17.9 Å². The van der Waals surface area contributed by atoms with Gasteiger partial charge in [0.25, 0.3) is 0 Å². The minimum atomic E-state index is -3.62. The quantitative estimate of drug-likeness (QED) is 0.687. The van der Waals surface area contributed by atoms with E-state index in [-0.39, 0.29) is 36.2 Å². The van der Waals surface area contributed by atoms with Crippen LogP contribution in [0.3, 0.4) is 0 Å². The molecule has 28 heavy (non-hydrogen) atoms. The Labute approximate surface area is 173 Å². The van der Waals surface area contributed by atoms with E-state index in [1.54, 1.807) is 12.1 Å². The third-order valence-corrected chi connectivity index (χ3v) is 7.06. The summed E-state index contributed by atoms with van der Waals surface area (Å²) in [5.41, 5.74) is 0.367. The highest BCUT2D eigenvalue weighted by Crippen LogP contribution is 2.36. The Bertz CT molecular complexity index is 739. The van der Waals surface area contributed by atoms with Gasteiger partial charge in [0.15, 0.2) is 0 Å². The molecule has 158 valence electrons. The van der Waals surface area contributed by atoms with Crippen LogP contribution in [-0.2, 0) is 14.8 Å². The highest BCUT2D eigenvalue weighted by molar-refractivity contribution is 7.89. The van der Waals surface area contributed by atoms with Crippen molar-refractivity contribution in [2.45, 2.75) is 37.5 Å². The summed E-state index contributed by atoms with van der Waals surface area (Å²) in [6.07, 6.45) is 3.44. The van der Waals surface area contributed by atoms with Crippen LogP contribution < -0.4 is 14.8 Å². The molecule has 2 aliphatic heterocycles. The van der Waals surface area contributed by atoms with Crippen LogP contribution in [0.4, 0.5) is 0 Å². The lowest BCUT2D eigenvalue weighted by Gasteiger charge is -2.39. The monoisotopic (exact) mass is 431 g/mol. The minimum Gasteiger partial charge on any atom is -0.494 e. The van der Waals surface area contributed by atoms with Gasteiger partial charge in [-0.05, 0) is 62.4 Å². The Hall–Kier alpha value is -1.35. The summed E-state index contributed by atoms with van der Waals surface area (Å²) in [7, 11) is -3.62. The van der Waals surface area contributed by atoms with Crippen LogP contribution in [0.25, 0.3) is 0 Å². The number of piperidine rings is 1. The molecule has 1 aromatic rings. The Morgan fingerprint density at radius 2 is 1.89 bits per heavy atom. The maximum Gasteiger partial charge on any atom is 0.240 e. The number of hydrogen-bond acceptors (Lipinski definition) is 5. The average Bonchev–Trinajstić information content (AvgIpc) is 3.11. The van der Waals surface area contributed by atoms with Crippen molar-refractivity contribution in [2.24, 2.45) is 5.41 Å². The molecular formula is C19H30ClN3O4S. The number of nitrogens with zero attached hydrogens (tertiary/aromatic N) is 1. The van der Waals surface area contributed by atoms with Gasteiger partial charge in [-0.3, -0.25) is 4.79 Å². The number of halogens is 1. The zero-order valence-corrected chi connectivity index (χ0v) is 17.9. The normalized spacial score (nSPS) is 18.7. The lowest BCUT2D eigenvalue weighted by molar-refractivity contribution is -0.133. The maximum atomic E-state index is 12.4. The summed E-state index contributed by atoms with van der Waals surface area (Å²) in [6, 6.07) is 6.28. The van der Waals surface area contributed by atoms with Crippen molar-refractivity contribution in [1.82, 2.24) is 14.9 Å². The van der Waals surface area contributed by atoms with Crippen molar-refractivity contribution in [1.29, 1.82) is 0 Å². The molecule has 1 spiro atoms. The van der Waals surface area contributed by atoms with Crippen LogP contribution >= 0.6 is 12.4 Å². The molecule has 1 amide bonds. The van der Waals surface area contributed by atoms with Gasteiger partial charge in [-0.1, -0.05) is 0 Å². The molecule has 0 aliphatic carbocycles. The van der Waals surface area contributed by atoms with E-state index in [0.29, 0.717) is 17.8 Å². The first-order valence-corrected chi connectivity index (χ1v) is 11.1. The van der Waals surface area contributed by atoms with Gasteiger partial charge < -0.3 is 15.0 Å². The fourth-order valence-corrected chi connectivity index (χ4v) is 4.90. The molecule has 1 aromatic carbocycles. The van der Waals surface area contributed by atoms with E-state index >= 15 is 0 Å². The number of ether oxygens (including phenoxy) is 1. The predicted molar refractivity (Wildman–Crippen MR) is 110 cm³/mol. The van der Waals surface area contributed by atoms with Gasteiger partial charge in [-0.25, -0.2) is 13.1 Å². The maximum absolute atomic E-state index is 12.4. The molecule has 0 unspecified atom stereocenters. The first-order chi connectivity index (χ1) is 12.9. The van der Waals surface area contributed by atoms with Gasteiger partial charge in [0.2, 0.25) is 15.9 Å². The molecule has 2 saturated heterocycles. The first-order valence-electron chi connectivity index (χ1n) is 9.65. The van der Waals surface area contributed by atoms with Crippen molar-refractivity contribution in [3.8, 4) is 5.75 Å². The third kappa shape index (κ3) is 5.59. The second kappa shape index (κ2) is 9.91. The van der Waals surface area contributed by atoms with Gasteiger partial charge in [0.1, 0.15) is 5.75 Å². The van der Waals surface area contributed by atoms with Crippen LogP contribution in [0.5, 0.6) is 5.75 Å². The standard InChI is InChI=1S/C19H29N3O4S.ClH/c1-2-26-16-3-5-17(6-4-16)27(24,25)21-11-7-18(23)22-13-9-19(10-14-22)8-12-20-15-19;/h3-6,20-21H,2,7-15H2,1H3;1H. The van der Waals surface area contributed by atoms with Crippen LogP contribution in [0.2, 0.25) is 0 Å². The molecule has 2 aliphatic rings. The fourth-order valence-electron chi connectivity index (χ4n) is 3.87. The molecule has 3 rings (SSSR count). The average molecular weight is 432 g/mol. The molecule has 7 nitrogen and oxygen atoms in total. The highest BCUT2D eigenvalue weighted by Gasteiger charge is 2.37. The number of likely N-dealkylation sites (tertiary alicyclic amines) is 1. The van der Waals surface area contributed by atoms with Crippen molar-refractivity contribution in [2.75, 3.05) is 39.3 Å². The van der Waals surface area contributed by atoms with E-state index in [2.05, 4.69) is 10.0 Å². The molecule has 2 fully saturated rings. The van der Waals surface area contributed by atoms with E-state index in [0.717, 1.165) is 39.0 Å². The summed E-state index contributed by atoms with van der Waals surface area (Å²) in [5.74, 6) is 0.650. The van der Waals surface area contributed by atoms with Crippen LogP contribution in [0.15, 0.2) is 29.2 Å². The van der Waals surface area contributed by atoms with Gasteiger partial charge >= 0.3 is 0 Å². The highest BCUT2D eigenvalue weighted by atomic mass is 35.5. The number of hydrogen-bond donors (Lipinski definition) is 2. The minimum absolute atomic E-state index is 0. The molecular weight excluding hydrogens is 402 g/mol. The van der Waals surface area contributed by atoms with Gasteiger partial charge in [-0.15, -0.1) is 12.4 Å². The molecule has 0 atom stereocenters. The lowest BCUT2D eigenvalue weighted by Crippen LogP contribution is -2.44. The molecule has 0 bridgehead atoms. The smallest absolute Gasteiger partial charge is 0.240 e. The number of carbonyl (C=O) groups excluding carboxylic acids is 1. The number of rotatable bonds is 7. The Kier molecular flexibility index (Phi) is 8.12. The SMILES string of the molecule is CCOc1ccc(S(=O)(=O)NCCC(=O)N2CCC3(CCNC3)CC2)cc1.Cl. The van der Waals surface area contributed by atoms with Crippen LogP contribution in [-0.4, -0.2) is 58.6 Å². The number of sulfonamides is 1. The first kappa shape index (κ1) is 22.9. The van der Waals surface area contributed by atoms with Gasteiger partial charge in [0, 0.05) is 32.6 Å². The Balaban J connectivity index is 0.00000280. The van der Waals surface area contributed by atoms with E-state index in [9.17, 15) is 13.2 Å². The molecule has 9 heteroatoms. The topological polar surface area (TPSA) is 87.7 Å². The molecule has 0 radical (unpaired) electrons. The number of carbonyl (C=O) groups is 1. The second-order valence-corrected chi connectivity index (χ2v) is 9.13. The summed E-state index contributed by atoms with van der Waals surface area (Å²) >= 11 is 0. The largest absolute Gasteiger partial charge is 0.494 e. The number of amides is 1. The Morgan fingerprint density at radius 1 is 1.21 bits per heavy atom. The van der Waals surface area contributed by atoms with Crippen LogP contribution in [0.1, 0.15) is 32.6 Å². The van der Waals surface area contributed by atoms with Gasteiger partial charge in [0.05, 0.1) is 11.5 Å². The fraction of sp³-hybridized carbons (Fsp3) is 0.632. The molecule has 0 aromatic heterocycles. The van der Waals surface area contributed by atoms with Crippen molar-refractivity contribution in [3.63, 3.8) is 0 Å². The van der Waals surface area contributed by atoms with E-state index in [1.807, 2.05) is 11.8 Å². The molecule has 2 heterocycles. The second-order valence-electron chi connectivity index (χ2n) is 7.36. The number of nitrogens with one attached hydrogen (secondary N) is 2. The lowest BCUT2D eigenvalue weighted by atomic mass is 9.78. The summed E-state index contributed by atoms with van der Waals surface area (Å²) < 4.78 is 32.5. The van der Waals surface area contributed by atoms with E-state index in [4.69, 9.17) is 4.74 Å². The van der Waals surface area contributed by atoms with Crippen molar-refractivity contribution >= 4 is 28.3 Å². The van der Waals surface area contributed by atoms with E-state index < -0.39 is 10.0 Å². The predicted octanol–water partition coefficient (Wildman–Crippen LogP) is 1.78. The molecule has 2 N–H and O–H groups in total. The third-order valence-electron chi connectivity index (χ3n) is 5.58. The summed E-state index contributed by atoms with van der Waals surface area (Å²) in [6.45, 7) is 6.17. The molecule has 0 saturated carbocycles. The van der Waals surface area contributed by atoms with Crippen molar-refractivity contribution in [3.05, 3.63) is 24.3 Å². The zero-order chi connectivity index (χ0) is 19.3. The summed E-state index contributed by atoms with van der Waals surface area (Å²) in [4.78, 5) is 14.4.